The number of carbonyl (C=O) groups is 2. The van der Waals surface area contributed by atoms with Crippen molar-refractivity contribution in [3.8, 4) is 23.0 Å². The number of rotatable bonds is 7. The number of hydrogen-bond acceptors (Lipinski definition) is 8. The summed E-state index contributed by atoms with van der Waals surface area (Å²) in [6, 6.07) is 5.43. The van der Waals surface area contributed by atoms with Crippen molar-refractivity contribution in [3.63, 3.8) is 0 Å². The molecular weight excluding hydrogens is 492 g/mol. The van der Waals surface area contributed by atoms with Crippen LogP contribution in [0.4, 0.5) is 0 Å². The van der Waals surface area contributed by atoms with Crippen LogP contribution in [0.25, 0.3) is 0 Å². The van der Waals surface area contributed by atoms with E-state index >= 15 is 0 Å². The molecule has 2 amide bonds. The Morgan fingerprint density at radius 2 is 1.00 bits per heavy atom. The van der Waals surface area contributed by atoms with Crippen molar-refractivity contribution in [2.75, 3.05) is 41.5 Å². The second-order valence-electron chi connectivity index (χ2n) is 9.61. The number of benzene rings is 2. The summed E-state index contributed by atoms with van der Waals surface area (Å²) in [6.07, 6.45) is -1.75. The number of methoxy groups -OCH3 is 4. The summed E-state index contributed by atoms with van der Waals surface area (Å²) in [7, 11) is 6.12. The van der Waals surface area contributed by atoms with E-state index in [1.54, 1.807) is 36.2 Å². The lowest BCUT2D eigenvalue weighted by Gasteiger charge is -2.45. The normalized spacial score (nSPS) is 20.1. The first kappa shape index (κ1) is 27.5. The van der Waals surface area contributed by atoms with Crippen LogP contribution in [0.3, 0.4) is 0 Å². The minimum atomic E-state index is -1.43. The molecule has 38 heavy (non-hydrogen) atoms. The highest BCUT2D eigenvalue weighted by molar-refractivity contribution is 5.75. The summed E-state index contributed by atoms with van der Waals surface area (Å²) in [5, 5.41) is 23.6. The highest BCUT2D eigenvalue weighted by Gasteiger charge is 2.45. The van der Waals surface area contributed by atoms with E-state index in [2.05, 4.69) is 0 Å². The Balaban J connectivity index is 1.83. The zero-order valence-electron chi connectivity index (χ0n) is 22.7. The quantitative estimate of drug-likeness (QED) is 0.561. The number of carbonyl (C=O) groups excluding carboxylic acids is 2. The molecule has 0 aliphatic carbocycles. The van der Waals surface area contributed by atoms with Crippen molar-refractivity contribution >= 4 is 11.8 Å². The molecule has 0 unspecified atom stereocenters. The molecule has 0 radical (unpaired) electrons. The topological polar surface area (TPSA) is 118 Å². The van der Waals surface area contributed by atoms with Crippen molar-refractivity contribution in [2.24, 2.45) is 0 Å². The van der Waals surface area contributed by atoms with Gasteiger partial charge in [-0.1, -0.05) is 0 Å². The Kier molecular flexibility index (Phi) is 8.03. The zero-order chi connectivity index (χ0) is 27.7. The van der Waals surface area contributed by atoms with Gasteiger partial charge in [0.25, 0.3) is 0 Å². The molecule has 0 aromatic heterocycles. The Morgan fingerprint density at radius 1 is 0.684 bits per heavy atom. The Hall–Kier alpha value is -3.50. The van der Waals surface area contributed by atoms with Gasteiger partial charge < -0.3 is 39.0 Å². The maximum absolute atomic E-state index is 12.7. The fourth-order valence-electron chi connectivity index (χ4n) is 5.77. The van der Waals surface area contributed by atoms with Gasteiger partial charge in [-0.05, 0) is 59.4 Å². The summed E-state index contributed by atoms with van der Waals surface area (Å²) >= 11 is 0. The molecule has 10 heteroatoms. The first-order valence-corrected chi connectivity index (χ1v) is 12.6. The zero-order valence-corrected chi connectivity index (χ0v) is 22.7. The Bertz CT molecular complexity index is 1120. The molecule has 4 atom stereocenters. The third-order valence-electron chi connectivity index (χ3n) is 7.65. The molecule has 0 spiro atoms. The maximum atomic E-state index is 12.7. The van der Waals surface area contributed by atoms with Crippen molar-refractivity contribution < 1.29 is 38.7 Å². The highest BCUT2D eigenvalue weighted by atomic mass is 16.5. The SMILES string of the molecule is COc1cc2c(cc1OC)[C@@H]([C@H](O)[C@@H](O)[C@@H]1c3cc(OC)c(OC)cc3CCN1C(C)=O)N(C(C)=O)CC2. The molecule has 0 bridgehead atoms. The number of hydrogen-bond donors (Lipinski definition) is 2. The van der Waals surface area contributed by atoms with Crippen LogP contribution in [-0.2, 0) is 22.4 Å². The molecule has 2 aliphatic heterocycles. The molecule has 4 rings (SSSR count). The van der Waals surface area contributed by atoms with Gasteiger partial charge in [0.1, 0.15) is 12.2 Å². The Labute approximate surface area is 222 Å². The van der Waals surface area contributed by atoms with E-state index < -0.39 is 24.3 Å². The summed E-state index contributed by atoms with van der Waals surface area (Å²) in [6.45, 7) is 3.59. The number of aliphatic hydroxyl groups is 2. The minimum Gasteiger partial charge on any atom is -0.493 e. The van der Waals surface area contributed by atoms with E-state index in [-0.39, 0.29) is 11.8 Å². The van der Waals surface area contributed by atoms with E-state index in [0.717, 1.165) is 11.1 Å². The first-order chi connectivity index (χ1) is 18.2. The molecule has 0 saturated heterocycles. The van der Waals surface area contributed by atoms with Crippen molar-refractivity contribution in [3.05, 3.63) is 46.5 Å². The molecule has 2 N–H and O–H groups in total. The number of amides is 2. The van der Waals surface area contributed by atoms with Crippen LogP contribution < -0.4 is 18.9 Å². The van der Waals surface area contributed by atoms with Crippen LogP contribution in [0.15, 0.2) is 24.3 Å². The van der Waals surface area contributed by atoms with Gasteiger partial charge in [-0.15, -0.1) is 0 Å². The van der Waals surface area contributed by atoms with Gasteiger partial charge in [-0.3, -0.25) is 9.59 Å². The average Bonchev–Trinajstić information content (AvgIpc) is 2.93. The van der Waals surface area contributed by atoms with Gasteiger partial charge in [0.05, 0.1) is 40.5 Å². The first-order valence-electron chi connectivity index (χ1n) is 12.6. The lowest BCUT2D eigenvalue weighted by Crippen LogP contribution is -2.53. The largest absolute Gasteiger partial charge is 0.493 e. The molecule has 2 aromatic rings. The molecule has 0 fully saturated rings. The summed E-state index contributed by atoms with van der Waals surface area (Å²) < 4.78 is 21.9. The molecule has 10 nitrogen and oxygen atoms in total. The maximum Gasteiger partial charge on any atom is 0.220 e. The van der Waals surface area contributed by atoms with Crippen molar-refractivity contribution in [1.29, 1.82) is 0 Å². The van der Waals surface area contributed by atoms with Gasteiger partial charge in [-0.25, -0.2) is 0 Å². The smallest absolute Gasteiger partial charge is 0.220 e. The van der Waals surface area contributed by atoms with Crippen LogP contribution in [-0.4, -0.2) is 85.6 Å². The summed E-state index contributed by atoms with van der Waals surface area (Å²) in [5.74, 6) is 1.52. The van der Waals surface area contributed by atoms with E-state index in [0.29, 0.717) is 60.1 Å². The second-order valence-corrected chi connectivity index (χ2v) is 9.61. The Morgan fingerprint density at radius 3 is 1.29 bits per heavy atom. The van der Waals surface area contributed by atoms with Gasteiger partial charge in [-0.2, -0.15) is 0 Å². The van der Waals surface area contributed by atoms with E-state index in [4.69, 9.17) is 18.9 Å². The molecular formula is C28H36N2O8. The predicted molar refractivity (Wildman–Crippen MR) is 139 cm³/mol. The van der Waals surface area contributed by atoms with Crippen molar-refractivity contribution in [2.45, 2.75) is 51.0 Å². The second kappa shape index (κ2) is 11.1. The predicted octanol–water partition coefficient (Wildman–Crippen LogP) is 2.03. The molecule has 2 aliphatic rings. The van der Waals surface area contributed by atoms with Crippen LogP contribution in [0, 0.1) is 0 Å². The molecule has 2 aromatic carbocycles. The molecule has 2 heterocycles. The highest BCUT2D eigenvalue weighted by Crippen LogP contribution is 2.44. The number of fused-ring (bicyclic) bond motifs is 2. The number of ether oxygens (including phenoxy) is 4. The lowest BCUT2D eigenvalue weighted by molar-refractivity contribution is -0.146. The third kappa shape index (κ3) is 4.74. The standard InChI is InChI=1S/C28H36N2O8/c1-15(31)29-9-7-17-11-21(35-3)23(37-5)13-19(17)25(29)27(33)28(34)26-20-14-24(38-6)22(36-4)12-18(20)8-10-30(26)16(2)32/h11-14,25-28,33-34H,7-10H2,1-6H3/t25-,26-,27-,28-/m0/s1. The van der Waals surface area contributed by atoms with E-state index in [1.165, 1.54) is 28.1 Å². The summed E-state index contributed by atoms with van der Waals surface area (Å²) in [4.78, 5) is 28.5. The minimum absolute atomic E-state index is 0.236. The fourth-order valence-corrected chi connectivity index (χ4v) is 5.77. The van der Waals surface area contributed by atoms with Gasteiger partial charge >= 0.3 is 0 Å². The van der Waals surface area contributed by atoms with Crippen LogP contribution in [0.5, 0.6) is 23.0 Å². The van der Waals surface area contributed by atoms with Gasteiger partial charge in [0.2, 0.25) is 11.8 Å². The fraction of sp³-hybridized carbons (Fsp3) is 0.500. The average molecular weight is 529 g/mol. The lowest BCUT2D eigenvalue weighted by atomic mass is 9.81. The van der Waals surface area contributed by atoms with Crippen molar-refractivity contribution in [1.82, 2.24) is 9.80 Å². The third-order valence-corrected chi connectivity index (χ3v) is 7.65. The van der Waals surface area contributed by atoms with Gasteiger partial charge in [0.15, 0.2) is 23.0 Å². The molecule has 206 valence electrons. The van der Waals surface area contributed by atoms with Gasteiger partial charge in [0, 0.05) is 26.9 Å². The van der Waals surface area contributed by atoms with Crippen LogP contribution >= 0.6 is 0 Å². The summed E-state index contributed by atoms with van der Waals surface area (Å²) in [5.41, 5.74) is 3.09. The monoisotopic (exact) mass is 528 g/mol. The van der Waals surface area contributed by atoms with E-state index in [9.17, 15) is 19.8 Å². The number of aliphatic hydroxyl groups excluding tert-OH is 2. The van der Waals surface area contributed by atoms with Crippen LogP contribution in [0.2, 0.25) is 0 Å². The van der Waals surface area contributed by atoms with Crippen LogP contribution in [0.1, 0.15) is 48.2 Å². The number of nitrogens with zero attached hydrogens (tertiary/aromatic N) is 2. The molecule has 0 saturated carbocycles. The van der Waals surface area contributed by atoms with E-state index in [1.807, 2.05) is 12.1 Å².